The van der Waals surface area contributed by atoms with Gasteiger partial charge in [-0.15, -0.1) is 0 Å². The molecule has 3 fully saturated rings. The second-order valence-corrected chi connectivity index (χ2v) is 8.17. The van der Waals surface area contributed by atoms with Gasteiger partial charge in [-0.05, 0) is 68.1 Å². The first-order valence-corrected chi connectivity index (χ1v) is 8.95. The Kier molecular flexibility index (Phi) is 4.85. The Labute approximate surface area is 126 Å². The fourth-order valence-electron chi connectivity index (χ4n) is 5.31. The molecule has 0 aromatic carbocycles. The first kappa shape index (κ1) is 15.7. The van der Waals surface area contributed by atoms with Crippen LogP contribution in [0.15, 0.2) is 0 Å². The van der Waals surface area contributed by atoms with Gasteiger partial charge in [0.2, 0.25) is 0 Å². The zero-order chi connectivity index (χ0) is 15.0. The molecule has 3 heteroatoms. The van der Waals surface area contributed by atoms with Crippen LogP contribution in [-0.4, -0.2) is 18.5 Å². The van der Waals surface area contributed by atoms with Crippen LogP contribution in [0, 0.1) is 29.6 Å². The molecule has 2 bridgehead atoms. The van der Waals surface area contributed by atoms with E-state index in [0.29, 0.717) is 5.92 Å². The van der Waals surface area contributed by atoms with Gasteiger partial charge < -0.3 is 0 Å². The van der Waals surface area contributed by atoms with Crippen LogP contribution in [0.2, 0.25) is 0 Å². The minimum absolute atomic E-state index is 0.0695. The van der Waals surface area contributed by atoms with Crippen molar-refractivity contribution in [3.8, 4) is 0 Å². The second kappa shape index (κ2) is 6.50. The van der Waals surface area contributed by atoms with Crippen molar-refractivity contribution < 1.29 is 13.2 Å². The smallest absolute Gasteiger partial charge is 0.162 e. The number of hydrogen-bond acceptors (Lipinski definition) is 0. The van der Waals surface area contributed by atoms with E-state index in [1.165, 1.54) is 32.1 Å². The van der Waals surface area contributed by atoms with Gasteiger partial charge >= 0.3 is 0 Å². The largest absolute Gasteiger partial charge is 0.244 e. The normalized spacial score (nSPS) is 52.0. The Balaban J connectivity index is 1.64. The van der Waals surface area contributed by atoms with E-state index >= 15 is 0 Å². The molecule has 3 aliphatic rings. The van der Waals surface area contributed by atoms with E-state index in [1.807, 2.05) is 0 Å². The SMILES string of the molecule is CC1CCC2CC(CCC(C3CC(F)C(F)C(F)C3)C2)C1. The highest BCUT2D eigenvalue weighted by Crippen LogP contribution is 2.46. The van der Waals surface area contributed by atoms with Gasteiger partial charge in [0.25, 0.3) is 0 Å². The highest BCUT2D eigenvalue weighted by Gasteiger charge is 2.42. The molecule has 21 heavy (non-hydrogen) atoms. The molecule has 122 valence electrons. The molecule has 6 atom stereocenters. The van der Waals surface area contributed by atoms with Gasteiger partial charge in [-0.2, -0.15) is 0 Å². The third kappa shape index (κ3) is 3.59. The number of rotatable bonds is 1. The first-order valence-electron chi connectivity index (χ1n) is 8.95. The summed E-state index contributed by atoms with van der Waals surface area (Å²) in [5.74, 6) is 2.89. The maximum atomic E-state index is 13.7. The fourth-order valence-corrected chi connectivity index (χ4v) is 5.31. The van der Waals surface area contributed by atoms with Crippen molar-refractivity contribution in [2.45, 2.75) is 83.2 Å². The predicted molar refractivity (Wildman–Crippen MR) is 79.4 cm³/mol. The van der Waals surface area contributed by atoms with Crippen molar-refractivity contribution in [1.29, 1.82) is 0 Å². The number of fused-ring (bicyclic) bond motifs is 2. The summed E-state index contributed by atoms with van der Waals surface area (Å²) in [7, 11) is 0. The van der Waals surface area contributed by atoms with E-state index in [0.717, 1.165) is 30.6 Å². The minimum atomic E-state index is -1.88. The highest BCUT2D eigenvalue weighted by atomic mass is 19.2. The lowest BCUT2D eigenvalue weighted by atomic mass is 9.73. The topological polar surface area (TPSA) is 0 Å². The van der Waals surface area contributed by atoms with Crippen LogP contribution in [0.5, 0.6) is 0 Å². The van der Waals surface area contributed by atoms with Crippen LogP contribution in [0.25, 0.3) is 0 Å². The van der Waals surface area contributed by atoms with Gasteiger partial charge in [-0.3, -0.25) is 0 Å². The van der Waals surface area contributed by atoms with E-state index in [1.54, 1.807) is 0 Å². The summed E-state index contributed by atoms with van der Waals surface area (Å²) >= 11 is 0. The van der Waals surface area contributed by atoms with Gasteiger partial charge in [-0.1, -0.05) is 26.2 Å². The molecule has 0 spiro atoms. The van der Waals surface area contributed by atoms with Crippen LogP contribution in [-0.2, 0) is 0 Å². The van der Waals surface area contributed by atoms with Crippen molar-refractivity contribution in [3.63, 3.8) is 0 Å². The Morgan fingerprint density at radius 3 is 1.95 bits per heavy atom. The number of hydrogen-bond donors (Lipinski definition) is 0. The molecular formula is C18H29F3. The monoisotopic (exact) mass is 302 g/mol. The average molecular weight is 302 g/mol. The van der Waals surface area contributed by atoms with Crippen LogP contribution in [0.3, 0.4) is 0 Å². The molecule has 0 saturated heterocycles. The Morgan fingerprint density at radius 2 is 1.24 bits per heavy atom. The summed E-state index contributed by atoms with van der Waals surface area (Å²) in [5, 5.41) is 0. The van der Waals surface area contributed by atoms with Crippen molar-refractivity contribution in [3.05, 3.63) is 0 Å². The Bertz CT molecular complexity index is 333. The molecule has 6 unspecified atom stereocenters. The molecule has 0 nitrogen and oxygen atoms in total. The summed E-state index contributed by atoms with van der Waals surface area (Å²) in [6, 6.07) is 0. The molecular weight excluding hydrogens is 273 g/mol. The molecule has 0 amide bonds. The number of alkyl halides is 3. The Morgan fingerprint density at radius 1 is 0.619 bits per heavy atom. The maximum Gasteiger partial charge on any atom is 0.162 e. The van der Waals surface area contributed by atoms with E-state index in [-0.39, 0.29) is 18.8 Å². The molecule has 0 aliphatic heterocycles. The van der Waals surface area contributed by atoms with Gasteiger partial charge in [-0.25, -0.2) is 13.2 Å². The summed E-state index contributed by atoms with van der Waals surface area (Å²) in [5.41, 5.74) is 0. The Hall–Kier alpha value is -0.210. The summed E-state index contributed by atoms with van der Waals surface area (Å²) < 4.78 is 40.8. The molecule has 3 saturated carbocycles. The van der Waals surface area contributed by atoms with Crippen molar-refractivity contribution >= 4 is 0 Å². The molecule has 0 radical (unpaired) electrons. The summed E-state index contributed by atoms with van der Waals surface area (Å²) in [4.78, 5) is 0. The van der Waals surface area contributed by atoms with Crippen molar-refractivity contribution in [2.75, 3.05) is 0 Å². The van der Waals surface area contributed by atoms with E-state index in [9.17, 15) is 13.2 Å². The van der Waals surface area contributed by atoms with Crippen LogP contribution in [0.1, 0.15) is 64.7 Å². The highest BCUT2D eigenvalue weighted by molar-refractivity contribution is 4.92. The molecule has 0 N–H and O–H groups in total. The maximum absolute atomic E-state index is 13.7. The molecule has 3 rings (SSSR count). The third-order valence-electron chi connectivity index (χ3n) is 6.47. The van der Waals surface area contributed by atoms with Crippen LogP contribution >= 0.6 is 0 Å². The quantitative estimate of drug-likeness (QED) is 0.587. The van der Waals surface area contributed by atoms with E-state index < -0.39 is 18.5 Å². The lowest BCUT2D eigenvalue weighted by Gasteiger charge is -2.36. The first-order chi connectivity index (χ1) is 10.0. The van der Waals surface area contributed by atoms with Gasteiger partial charge in [0.1, 0.15) is 12.3 Å². The third-order valence-corrected chi connectivity index (χ3v) is 6.47. The zero-order valence-corrected chi connectivity index (χ0v) is 13.1. The van der Waals surface area contributed by atoms with E-state index in [4.69, 9.17) is 0 Å². The standard InChI is InChI=1S/C18H29F3/c1-11-2-3-13-7-12(6-11)4-5-14(8-13)15-9-16(19)18(21)17(20)10-15/h11-18H,2-10H2,1H3. The minimum Gasteiger partial charge on any atom is -0.244 e. The lowest BCUT2D eigenvalue weighted by molar-refractivity contribution is -0.00118. The van der Waals surface area contributed by atoms with Gasteiger partial charge in [0, 0.05) is 0 Å². The lowest BCUT2D eigenvalue weighted by Crippen LogP contribution is -2.39. The van der Waals surface area contributed by atoms with Crippen molar-refractivity contribution in [2.24, 2.45) is 29.6 Å². The van der Waals surface area contributed by atoms with E-state index in [2.05, 4.69) is 6.92 Å². The van der Waals surface area contributed by atoms with Crippen molar-refractivity contribution in [1.82, 2.24) is 0 Å². The van der Waals surface area contributed by atoms with Gasteiger partial charge in [0.15, 0.2) is 6.17 Å². The van der Waals surface area contributed by atoms with Crippen LogP contribution < -0.4 is 0 Å². The molecule has 0 aromatic rings. The summed E-state index contributed by atoms with van der Waals surface area (Å²) in [6.07, 6.45) is 4.15. The molecule has 0 aromatic heterocycles. The average Bonchev–Trinajstić information content (AvgIpc) is 2.75. The molecule has 0 heterocycles. The zero-order valence-electron chi connectivity index (χ0n) is 13.1. The van der Waals surface area contributed by atoms with Gasteiger partial charge in [0.05, 0.1) is 0 Å². The fraction of sp³-hybridized carbons (Fsp3) is 1.00. The number of halogens is 3. The second-order valence-electron chi connectivity index (χ2n) is 8.17. The summed E-state index contributed by atoms with van der Waals surface area (Å²) in [6.45, 7) is 2.36. The molecule has 3 aliphatic carbocycles. The predicted octanol–water partition coefficient (Wildman–Crippen LogP) is 5.65. The van der Waals surface area contributed by atoms with Crippen LogP contribution in [0.4, 0.5) is 13.2 Å².